The number of ether oxygens (including phenoxy) is 1. The number of methoxy groups -OCH3 is 1. The molecule has 0 fully saturated rings. The predicted octanol–water partition coefficient (Wildman–Crippen LogP) is 9.78. The van der Waals surface area contributed by atoms with Gasteiger partial charge >= 0.3 is 5.97 Å². The third-order valence-electron chi connectivity index (χ3n) is 11.0. The second-order valence-electron chi connectivity index (χ2n) is 15.8. The van der Waals surface area contributed by atoms with Crippen LogP contribution < -0.4 is 5.32 Å². The molecule has 0 aliphatic rings. The number of hydrogen-bond donors (Lipinski definition) is 1. The Balaban J connectivity index is 1.51. The number of esters is 1. The Labute approximate surface area is 345 Å². The summed E-state index contributed by atoms with van der Waals surface area (Å²) in [4.78, 5) is 70.3. The van der Waals surface area contributed by atoms with Gasteiger partial charge in [-0.15, -0.1) is 0 Å². The van der Waals surface area contributed by atoms with Gasteiger partial charge in [-0.25, -0.2) is 4.79 Å². The van der Waals surface area contributed by atoms with Crippen LogP contribution >= 0.6 is 0 Å². The second-order valence-corrected chi connectivity index (χ2v) is 15.8. The highest BCUT2D eigenvalue weighted by Gasteiger charge is 2.35. The maximum atomic E-state index is 14.5. The van der Waals surface area contributed by atoms with Crippen molar-refractivity contribution in [3.63, 3.8) is 0 Å². The smallest absolute Gasteiger partial charge is 0.328 e. The number of nitrogens with zero attached hydrogens (tertiary/aromatic N) is 1. The predicted molar refractivity (Wildman–Crippen MR) is 231 cm³/mol. The Morgan fingerprint density at radius 2 is 1.24 bits per heavy atom. The minimum absolute atomic E-state index is 0.0158. The summed E-state index contributed by atoms with van der Waals surface area (Å²) in [6.45, 7) is 9.84. The molecule has 0 unspecified atom stereocenters. The Morgan fingerprint density at radius 3 is 1.81 bits per heavy atom. The number of rotatable bonds is 22. The summed E-state index contributed by atoms with van der Waals surface area (Å²) in [5, 5.41) is 2.80. The lowest BCUT2D eigenvalue weighted by Crippen LogP contribution is -2.46. The van der Waals surface area contributed by atoms with Crippen LogP contribution in [0, 0.1) is 25.7 Å². The van der Waals surface area contributed by atoms with E-state index in [0.717, 1.165) is 66.3 Å². The number of unbranched alkanes of at least 4 members (excludes halogenated alkanes) is 3. The monoisotopic (exact) mass is 786 g/mol. The molecule has 0 heterocycles. The average molecular weight is 787 g/mol. The van der Waals surface area contributed by atoms with Gasteiger partial charge in [-0.05, 0) is 60.9 Å². The highest BCUT2D eigenvalue weighted by molar-refractivity contribution is 6.00. The maximum Gasteiger partial charge on any atom is 0.328 e. The molecule has 308 valence electrons. The van der Waals surface area contributed by atoms with E-state index in [2.05, 4.69) is 43.4 Å². The first kappa shape index (κ1) is 45.3. The minimum atomic E-state index is -0.983. The van der Waals surface area contributed by atoms with Crippen LogP contribution in [-0.4, -0.2) is 54.4 Å². The second kappa shape index (κ2) is 22.5. The van der Waals surface area contributed by atoms with Gasteiger partial charge in [-0.2, -0.15) is 0 Å². The van der Waals surface area contributed by atoms with Gasteiger partial charge in [0.15, 0.2) is 11.6 Å². The normalized spacial score (nSPS) is 13.2. The van der Waals surface area contributed by atoms with Crippen molar-refractivity contribution in [2.24, 2.45) is 11.8 Å². The molecule has 8 nitrogen and oxygen atoms in total. The Kier molecular flexibility index (Phi) is 17.6. The molecule has 0 spiro atoms. The van der Waals surface area contributed by atoms with E-state index < -0.39 is 35.8 Å². The van der Waals surface area contributed by atoms with Crippen molar-refractivity contribution in [3.8, 4) is 11.1 Å². The summed E-state index contributed by atoms with van der Waals surface area (Å²) in [5.74, 6) is -3.22. The fourth-order valence-electron chi connectivity index (χ4n) is 7.29. The van der Waals surface area contributed by atoms with Crippen LogP contribution in [0.15, 0.2) is 97.1 Å². The van der Waals surface area contributed by atoms with Crippen molar-refractivity contribution < 1.29 is 28.7 Å². The number of carbonyl (C=O) groups excluding carboxylic acids is 5. The van der Waals surface area contributed by atoms with Gasteiger partial charge in [0.2, 0.25) is 11.8 Å². The van der Waals surface area contributed by atoms with Gasteiger partial charge in [0.1, 0.15) is 12.1 Å². The highest BCUT2D eigenvalue weighted by Crippen LogP contribution is 2.29. The molecule has 58 heavy (non-hydrogen) atoms. The summed E-state index contributed by atoms with van der Waals surface area (Å²) < 4.78 is 4.99. The number of amides is 2. The molecule has 0 aromatic heterocycles. The van der Waals surface area contributed by atoms with E-state index in [0.29, 0.717) is 17.5 Å². The fourth-order valence-corrected chi connectivity index (χ4v) is 7.29. The van der Waals surface area contributed by atoms with Crippen molar-refractivity contribution in [2.75, 3.05) is 14.2 Å². The molecular weight excluding hydrogens is 725 g/mol. The average Bonchev–Trinajstić information content (AvgIpc) is 3.23. The van der Waals surface area contributed by atoms with Crippen molar-refractivity contribution in [2.45, 2.75) is 111 Å². The van der Waals surface area contributed by atoms with Crippen LogP contribution in [-0.2, 0) is 36.8 Å². The lowest BCUT2D eigenvalue weighted by Gasteiger charge is -2.31. The summed E-state index contributed by atoms with van der Waals surface area (Å²) in [5.41, 5.74) is 7.50. The SMILES string of the molecule is CCCCC[C@H](CC(=O)c1ccc(-c2ccc(CCCC)cc2)cc1)C(=O)N(C)[C@H](C(=O)C[C@@H](C)C(=O)N[C@@H](Cc1ccc(C)cc1)C(=O)OC)c1ccc(C)cc1. The van der Waals surface area contributed by atoms with E-state index in [-0.39, 0.29) is 36.7 Å². The number of Topliss-reactive ketones (excluding diaryl/α,β-unsaturated/α-hetero) is 2. The number of benzene rings is 4. The summed E-state index contributed by atoms with van der Waals surface area (Å²) in [6.07, 6.45) is 6.59. The van der Waals surface area contributed by atoms with Crippen LogP contribution in [0.2, 0.25) is 0 Å². The van der Waals surface area contributed by atoms with Crippen LogP contribution in [0.25, 0.3) is 11.1 Å². The lowest BCUT2D eigenvalue weighted by molar-refractivity contribution is -0.146. The molecular formula is C50H62N2O6. The third kappa shape index (κ3) is 13.1. The number of aryl methyl sites for hydroxylation is 3. The van der Waals surface area contributed by atoms with E-state index in [9.17, 15) is 24.0 Å². The molecule has 4 atom stereocenters. The van der Waals surface area contributed by atoms with Crippen LogP contribution in [0.4, 0.5) is 0 Å². The summed E-state index contributed by atoms with van der Waals surface area (Å²) >= 11 is 0. The van der Waals surface area contributed by atoms with Gasteiger partial charge < -0.3 is 15.0 Å². The van der Waals surface area contributed by atoms with E-state index in [4.69, 9.17) is 4.74 Å². The van der Waals surface area contributed by atoms with E-state index in [1.165, 1.54) is 17.6 Å². The largest absolute Gasteiger partial charge is 0.467 e. The Hall–Kier alpha value is -5.37. The van der Waals surface area contributed by atoms with Crippen LogP contribution in [0.3, 0.4) is 0 Å². The third-order valence-corrected chi connectivity index (χ3v) is 11.0. The first-order valence-corrected chi connectivity index (χ1v) is 20.9. The van der Waals surface area contributed by atoms with E-state index >= 15 is 0 Å². The zero-order chi connectivity index (χ0) is 42.2. The number of carbonyl (C=O) groups is 5. The van der Waals surface area contributed by atoms with Crippen LogP contribution in [0.5, 0.6) is 0 Å². The summed E-state index contributed by atoms with van der Waals surface area (Å²) in [6, 6.07) is 29.3. The van der Waals surface area contributed by atoms with E-state index in [1.54, 1.807) is 14.0 Å². The van der Waals surface area contributed by atoms with Crippen molar-refractivity contribution in [3.05, 3.63) is 130 Å². The van der Waals surface area contributed by atoms with Gasteiger partial charge in [-0.1, -0.05) is 155 Å². The van der Waals surface area contributed by atoms with Gasteiger partial charge in [0.25, 0.3) is 0 Å². The minimum Gasteiger partial charge on any atom is -0.467 e. The molecule has 0 aliphatic heterocycles. The first-order chi connectivity index (χ1) is 27.8. The molecule has 4 rings (SSSR count). The molecule has 0 saturated carbocycles. The number of hydrogen-bond acceptors (Lipinski definition) is 6. The molecule has 2 amide bonds. The fraction of sp³-hybridized carbons (Fsp3) is 0.420. The summed E-state index contributed by atoms with van der Waals surface area (Å²) in [7, 11) is 2.89. The van der Waals surface area contributed by atoms with Crippen molar-refractivity contribution >= 4 is 29.4 Å². The molecule has 0 aliphatic carbocycles. The Bertz CT molecular complexity index is 1950. The highest BCUT2D eigenvalue weighted by atomic mass is 16.5. The van der Waals surface area contributed by atoms with Gasteiger partial charge in [0.05, 0.1) is 7.11 Å². The van der Waals surface area contributed by atoms with Crippen molar-refractivity contribution in [1.82, 2.24) is 10.2 Å². The molecule has 1 N–H and O–H groups in total. The van der Waals surface area contributed by atoms with E-state index in [1.807, 2.05) is 86.6 Å². The number of ketones is 2. The van der Waals surface area contributed by atoms with Crippen molar-refractivity contribution in [1.29, 1.82) is 0 Å². The molecule has 0 bridgehead atoms. The standard InChI is InChI=1S/C50H62N2O6/c1-8-10-12-14-43(33-45(53)41-29-27-40(28-30-41)39-25-21-37(22-26-39)13-11-9-2)49(56)52(6)47(42-23-17-35(4)18-24-42)46(54)31-36(5)48(55)51-44(50(57)58-7)32-38-19-15-34(3)16-20-38/h15-30,36,43-44,47H,8-14,31-33H2,1-7H3,(H,51,55)/t36-,43-,44+,47+/m1/s1. The van der Waals surface area contributed by atoms with Gasteiger partial charge in [0, 0.05) is 43.7 Å². The zero-order valence-corrected chi connectivity index (χ0v) is 35.5. The molecule has 0 radical (unpaired) electrons. The maximum absolute atomic E-state index is 14.5. The lowest BCUT2D eigenvalue weighted by atomic mass is 9.89. The molecule has 0 saturated heterocycles. The quantitative estimate of drug-likeness (QED) is 0.0483. The number of nitrogens with one attached hydrogen (secondary N) is 1. The topological polar surface area (TPSA) is 110 Å². The molecule has 8 heteroatoms. The molecule has 4 aromatic carbocycles. The zero-order valence-electron chi connectivity index (χ0n) is 35.5. The molecule has 4 aromatic rings. The van der Waals surface area contributed by atoms with Crippen LogP contribution in [0.1, 0.15) is 116 Å². The Morgan fingerprint density at radius 1 is 0.690 bits per heavy atom. The first-order valence-electron chi connectivity index (χ1n) is 20.9. The van der Waals surface area contributed by atoms with Gasteiger partial charge in [-0.3, -0.25) is 19.2 Å². The number of likely N-dealkylation sites (N-methyl/N-ethyl adjacent to an activating group) is 1.